The van der Waals surface area contributed by atoms with Gasteiger partial charge in [-0.05, 0) is 43.9 Å². The average Bonchev–Trinajstić information content (AvgIpc) is 2.51. The maximum absolute atomic E-state index is 12.2. The van der Waals surface area contributed by atoms with Crippen LogP contribution in [-0.4, -0.2) is 33.2 Å². The molecule has 0 unspecified atom stereocenters. The van der Waals surface area contributed by atoms with Crippen LogP contribution < -0.4 is 9.62 Å². The Kier molecular flexibility index (Phi) is 6.27. The van der Waals surface area contributed by atoms with Crippen molar-refractivity contribution >= 4 is 21.6 Å². The number of benzene rings is 1. The largest absolute Gasteiger partial charge is 0.353 e. The SMILES string of the molecule is Cc1cccc(N(CCC(=O)NC2CCCCC2)S(C)(=O)=O)c1C. The van der Waals surface area contributed by atoms with Gasteiger partial charge >= 0.3 is 0 Å². The molecule has 5 nitrogen and oxygen atoms in total. The Morgan fingerprint density at radius 2 is 1.88 bits per heavy atom. The summed E-state index contributed by atoms with van der Waals surface area (Å²) in [5.74, 6) is -0.0687. The normalized spacial score (nSPS) is 16.0. The average molecular weight is 353 g/mol. The van der Waals surface area contributed by atoms with Gasteiger partial charge in [-0.2, -0.15) is 0 Å². The van der Waals surface area contributed by atoms with Gasteiger partial charge in [0.2, 0.25) is 15.9 Å². The number of carbonyl (C=O) groups excluding carboxylic acids is 1. The van der Waals surface area contributed by atoms with Gasteiger partial charge in [-0.3, -0.25) is 9.10 Å². The van der Waals surface area contributed by atoms with Crippen LogP contribution in [0.1, 0.15) is 49.7 Å². The lowest BCUT2D eigenvalue weighted by atomic mass is 9.95. The fourth-order valence-electron chi connectivity index (χ4n) is 3.22. The molecule has 0 atom stereocenters. The number of nitrogens with zero attached hydrogens (tertiary/aromatic N) is 1. The summed E-state index contributed by atoms with van der Waals surface area (Å²) in [6.07, 6.45) is 6.97. The van der Waals surface area contributed by atoms with Crippen molar-refractivity contribution in [3.05, 3.63) is 29.3 Å². The van der Waals surface area contributed by atoms with E-state index >= 15 is 0 Å². The lowest BCUT2D eigenvalue weighted by Crippen LogP contribution is -2.39. The van der Waals surface area contributed by atoms with E-state index in [1.165, 1.54) is 17.0 Å². The molecule has 0 radical (unpaired) electrons. The topological polar surface area (TPSA) is 66.5 Å². The number of aryl methyl sites for hydroxylation is 1. The second kappa shape index (κ2) is 8.01. The van der Waals surface area contributed by atoms with Gasteiger partial charge in [0.25, 0.3) is 0 Å². The van der Waals surface area contributed by atoms with Crippen molar-refractivity contribution < 1.29 is 13.2 Å². The lowest BCUT2D eigenvalue weighted by Gasteiger charge is -2.26. The summed E-state index contributed by atoms with van der Waals surface area (Å²) in [4.78, 5) is 12.2. The van der Waals surface area contributed by atoms with Crippen LogP contribution in [0.4, 0.5) is 5.69 Å². The number of sulfonamides is 1. The first kappa shape index (κ1) is 18.8. The molecule has 0 spiro atoms. The van der Waals surface area contributed by atoms with Crippen molar-refractivity contribution in [2.45, 2.75) is 58.4 Å². The zero-order valence-electron chi connectivity index (χ0n) is 14.8. The van der Waals surface area contributed by atoms with Crippen molar-refractivity contribution in [3.63, 3.8) is 0 Å². The van der Waals surface area contributed by atoms with E-state index in [-0.39, 0.29) is 24.9 Å². The number of carbonyl (C=O) groups is 1. The summed E-state index contributed by atoms with van der Waals surface area (Å²) in [5.41, 5.74) is 2.62. The van der Waals surface area contributed by atoms with E-state index in [1.807, 2.05) is 26.0 Å². The van der Waals surface area contributed by atoms with Crippen LogP contribution in [0.5, 0.6) is 0 Å². The first-order chi connectivity index (χ1) is 11.3. The van der Waals surface area contributed by atoms with Gasteiger partial charge < -0.3 is 5.32 Å². The molecule has 0 heterocycles. The summed E-state index contributed by atoms with van der Waals surface area (Å²) in [7, 11) is -3.43. The molecule has 1 fully saturated rings. The van der Waals surface area contributed by atoms with Crippen LogP contribution in [0.2, 0.25) is 0 Å². The Hall–Kier alpha value is -1.56. The smallest absolute Gasteiger partial charge is 0.232 e. The first-order valence-electron chi connectivity index (χ1n) is 8.62. The number of hydrogen-bond donors (Lipinski definition) is 1. The zero-order valence-corrected chi connectivity index (χ0v) is 15.7. The number of anilines is 1. The van der Waals surface area contributed by atoms with Crippen LogP contribution in [0.15, 0.2) is 18.2 Å². The third-order valence-corrected chi connectivity index (χ3v) is 5.94. The maximum Gasteiger partial charge on any atom is 0.232 e. The van der Waals surface area contributed by atoms with E-state index < -0.39 is 10.0 Å². The second-order valence-electron chi connectivity index (χ2n) is 6.71. The van der Waals surface area contributed by atoms with Crippen molar-refractivity contribution in [2.75, 3.05) is 17.1 Å². The van der Waals surface area contributed by atoms with E-state index in [1.54, 1.807) is 6.07 Å². The summed E-state index contributed by atoms with van der Waals surface area (Å²) >= 11 is 0. The molecule has 1 aliphatic carbocycles. The van der Waals surface area contributed by atoms with Crippen LogP contribution in [0.25, 0.3) is 0 Å². The quantitative estimate of drug-likeness (QED) is 0.856. The summed E-state index contributed by atoms with van der Waals surface area (Å²) in [6.45, 7) is 4.03. The Labute approximate surface area is 145 Å². The van der Waals surface area contributed by atoms with Crippen LogP contribution >= 0.6 is 0 Å². The minimum Gasteiger partial charge on any atom is -0.353 e. The predicted octanol–water partition coefficient (Wildman–Crippen LogP) is 2.91. The van der Waals surface area contributed by atoms with Gasteiger partial charge in [-0.25, -0.2) is 8.42 Å². The summed E-state index contributed by atoms with van der Waals surface area (Å²) < 4.78 is 25.7. The van der Waals surface area contributed by atoms with Crippen LogP contribution in [0.3, 0.4) is 0 Å². The monoisotopic (exact) mass is 352 g/mol. The van der Waals surface area contributed by atoms with Gasteiger partial charge in [0.1, 0.15) is 0 Å². The van der Waals surface area contributed by atoms with Gasteiger partial charge in [0, 0.05) is 19.0 Å². The third kappa shape index (κ3) is 4.97. The highest BCUT2D eigenvalue weighted by atomic mass is 32.2. The summed E-state index contributed by atoms with van der Waals surface area (Å²) in [5, 5.41) is 3.04. The molecule has 1 aliphatic rings. The first-order valence-corrected chi connectivity index (χ1v) is 10.5. The molecule has 1 saturated carbocycles. The zero-order chi connectivity index (χ0) is 17.7. The number of nitrogens with one attached hydrogen (secondary N) is 1. The van der Waals surface area contributed by atoms with Crippen molar-refractivity contribution in [1.82, 2.24) is 5.32 Å². The Morgan fingerprint density at radius 1 is 1.21 bits per heavy atom. The number of hydrogen-bond acceptors (Lipinski definition) is 3. The van der Waals surface area contributed by atoms with E-state index in [0.717, 1.165) is 36.8 Å². The molecule has 0 aliphatic heterocycles. The molecule has 1 N–H and O–H groups in total. The van der Waals surface area contributed by atoms with Crippen molar-refractivity contribution in [1.29, 1.82) is 0 Å². The van der Waals surface area contributed by atoms with Crippen molar-refractivity contribution in [2.24, 2.45) is 0 Å². The summed E-state index contributed by atoms with van der Waals surface area (Å²) in [6, 6.07) is 5.84. The Morgan fingerprint density at radius 3 is 2.50 bits per heavy atom. The van der Waals surface area contributed by atoms with Gasteiger partial charge in [0.15, 0.2) is 0 Å². The predicted molar refractivity (Wildman–Crippen MR) is 97.7 cm³/mol. The molecule has 134 valence electrons. The molecule has 2 rings (SSSR count). The molecule has 0 bridgehead atoms. The molecular weight excluding hydrogens is 324 g/mol. The highest BCUT2D eigenvalue weighted by molar-refractivity contribution is 7.92. The molecule has 1 amide bonds. The molecule has 0 saturated heterocycles. The standard InChI is InChI=1S/C18H28N2O3S/c1-14-8-7-11-17(15(14)2)20(24(3,22)23)13-12-18(21)19-16-9-5-4-6-10-16/h7-8,11,16H,4-6,9-10,12-13H2,1-3H3,(H,19,21). The van der Waals surface area contributed by atoms with Gasteiger partial charge in [-0.15, -0.1) is 0 Å². The number of amides is 1. The minimum atomic E-state index is -3.43. The fraction of sp³-hybridized carbons (Fsp3) is 0.611. The Balaban J connectivity index is 2.04. The Bertz CT molecular complexity index is 680. The molecule has 24 heavy (non-hydrogen) atoms. The highest BCUT2D eigenvalue weighted by Crippen LogP contribution is 2.25. The third-order valence-electron chi connectivity index (χ3n) is 4.76. The van der Waals surface area contributed by atoms with E-state index in [9.17, 15) is 13.2 Å². The minimum absolute atomic E-state index is 0.0687. The molecular formula is C18H28N2O3S. The second-order valence-corrected chi connectivity index (χ2v) is 8.61. The van der Waals surface area contributed by atoms with Crippen molar-refractivity contribution in [3.8, 4) is 0 Å². The molecule has 0 aromatic heterocycles. The number of rotatable bonds is 6. The van der Waals surface area contributed by atoms with E-state index in [2.05, 4.69) is 5.32 Å². The lowest BCUT2D eigenvalue weighted by molar-refractivity contribution is -0.121. The van der Waals surface area contributed by atoms with Gasteiger partial charge in [0.05, 0.1) is 11.9 Å². The maximum atomic E-state index is 12.2. The molecule has 6 heteroatoms. The fourth-order valence-corrected chi connectivity index (χ4v) is 4.20. The van der Waals surface area contributed by atoms with E-state index in [0.29, 0.717) is 5.69 Å². The molecule has 1 aromatic rings. The molecule has 1 aromatic carbocycles. The highest BCUT2D eigenvalue weighted by Gasteiger charge is 2.22. The van der Waals surface area contributed by atoms with Crippen LogP contribution in [0, 0.1) is 13.8 Å². The van der Waals surface area contributed by atoms with Crippen LogP contribution in [-0.2, 0) is 14.8 Å². The van der Waals surface area contributed by atoms with Gasteiger partial charge in [-0.1, -0.05) is 31.4 Å². The van der Waals surface area contributed by atoms with E-state index in [4.69, 9.17) is 0 Å².